The minimum absolute atomic E-state index is 0.00292. The zero-order chi connectivity index (χ0) is 14.5. The number of ether oxygens (including phenoxy) is 2. The highest BCUT2D eigenvalue weighted by Crippen LogP contribution is 2.28. The molecule has 8 nitrogen and oxygen atoms in total. The van der Waals surface area contributed by atoms with Crippen molar-refractivity contribution in [2.75, 3.05) is 7.11 Å². The van der Waals surface area contributed by atoms with Gasteiger partial charge in [-0.3, -0.25) is 4.68 Å². The van der Waals surface area contributed by atoms with Crippen molar-refractivity contribution in [3.63, 3.8) is 0 Å². The summed E-state index contributed by atoms with van der Waals surface area (Å²) < 4.78 is 12.5. The van der Waals surface area contributed by atoms with Crippen LogP contribution in [0.15, 0.2) is 29.7 Å². The molecule has 0 amide bonds. The summed E-state index contributed by atoms with van der Waals surface area (Å²) in [5, 5.41) is 15.5. The van der Waals surface area contributed by atoms with E-state index in [-0.39, 0.29) is 12.4 Å². The first-order chi connectivity index (χ1) is 9.65. The van der Waals surface area contributed by atoms with E-state index in [1.54, 1.807) is 29.9 Å². The van der Waals surface area contributed by atoms with Gasteiger partial charge in [0.1, 0.15) is 12.9 Å². The van der Waals surface area contributed by atoms with Crippen LogP contribution in [0.5, 0.6) is 11.5 Å². The molecule has 0 unspecified atom stereocenters. The standard InChI is InChI=1S/C12H15N5O3/c1-17-11(14-7-15-17)6-20-9-4-3-8(12(13)16-18)5-10(9)19-2/h3-5,7,18H,6H2,1-2H3,(H2,13,16). The van der Waals surface area contributed by atoms with Gasteiger partial charge in [0.25, 0.3) is 0 Å². The molecule has 1 heterocycles. The van der Waals surface area contributed by atoms with E-state index < -0.39 is 0 Å². The molecule has 0 saturated carbocycles. The molecule has 0 atom stereocenters. The Labute approximate surface area is 115 Å². The van der Waals surface area contributed by atoms with Gasteiger partial charge < -0.3 is 20.4 Å². The van der Waals surface area contributed by atoms with Gasteiger partial charge in [0.15, 0.2) is 23.2 Å². The van der Waals surface area contributed by atoms with E-state index in [0.29, 0.717) is 22.9 Å². The van der Waals surface area contributed by atoms with Crippen LogP contribution in [0, 0.1) is 0 Å². The molecule has 0 radical (unpaired) electrons. The predicted molar refractivity (Wildman–Crippen MR) is 70.8 cm³/mol. The van der Waals surface area contributed by atoms with Crippen LogP contribution in [-0.2, 0) is 13.7 Å². The summed E-state index contributed by atoms with van der Waals surface area (Å²) in [7, 11) is 3.30. The van der Waals surface area contributed by atoms with Crippen molar-refractivity contribution < 1.29 is 14.7 Å². The van der Waals surface area contributed by atoms with Gasteiger partial charge in [-0.1, -0.05) is 5.16 Å². The molecule has 1 aromatic heterocycles. The van der Waals surface area contributed by atoms with Crippen molar-refractivity contribution in [3.8, 4) is 11.5 Å². The number of hydrogen-bond donors (Lipinski definition) is 2. The minimum Gasteiger partial charge on any atom is -0.493 e. The van der Waals surface area contributed by atoms with Crippen LogP contribution in [-0.4, -0.2) is 32.9 Å². The van der Waals surface area contributed by atoms with E-state index in [1.165, 1.54) is 13.4 Å². The number of benzene rings is 1. The summed E-state index contributed by atoms with van der Waals surface area (Å²) in [6, 6.07) is 4.98. The average Bonchev–Trinajstić information content (AvgIpc) is 2.89. The van der Waals surface area contributed by atoms with Crippen molar-refractivity contribution in [1.82, 2.24) is 14.8 Å². The Morgan fingerprint density at radius 1 is 1.45 bits per heavy atom. The average molecular weight is 277 g/mol. The zero-order valence-electron chi connectivity index (χ0n) is 11.1. The molecule has 1 aromatic carbocycles. The van der Waals surface area contributed by atoms with E-state index in [4.69, 9.17) is 20.4 Å². The van der Waals surface area contributed by atoms with Crippen LogP contribution >= 0.6 is 0 Å². The Balaban J connectivity index is 2.18. The number of rotatable bonds is 5. The van der Waals surface area contributed by atoms with Gasteiger partial charge in [0, 0.05) is 12.6 Å². The van der Waals surface area contributed by atoms with Crippen LogP contribution in [0.25, 0.3) is 0 Å². The third-order valence-electron chi connectivity index (χ3n) is 2.73. The smallest absolute Gasteiger partial charge is 0.170 e. The quantitative estimate of drug-likeness (QED) is 0.356. The predicted octanol–water partition coefficient (Wildman–Crippen LogP) is 0.497. The second-order valence-electron chi connectivity index (χ2n) is 3.94. The second kappa shape index (κ2) is 5.91. The van der Waals surface area contributed by atoms with Crippen molar-refractivity contribution in [3.05, 3.63) is 35.9 Å². The molecule has 0 bridgehead atoms. The van der Waals surface area contributed by atoms with Crippen molar-refractivity contribution in [2.45, 2.75) is 6.61 Å². The molecular weight excluding hydrogens is 262 g/mol. The Morgan fingerprint density at radius 2 is 2.25 bits per heavy atom. The number of hydrogen-bond acceptors (Lipinski definition) is 6. The van der Waals surface area contributed by atoms with Gasteiger partial charge in [0.2, 0.25) is 0 Å². The first-order valence-electron chi connectivity index (χ1n) is 5.77. The number of nitrogens with zero attached hydrogens (tertiary/aromatic N) is 4. The minimum atomic E-state index is 0.00292. The van der Waals surface area contributed by atoms with E-state index >= 15 is 0 Å². The molecule has 20 heavy (non-hydrogen) atoms. The number of amidine groups is 1. The fourth-order valence-corrected chi connectivity index (χ4v) is 1.60. The van der Waals surface area contributed by atoms with E-state index in [9.17, 15) is 0 Å². The highest BCUT2D eigenvalue weighted by Gasteiger charge is 2.10. The van der Waals surface area contributed by atoms with Crippen LogP contribution < -0.4 is 15.2 Å². The third kappa shape index (κ3) is 2.79. The lowest BCUT2D eigenvalue weighted by atomic mass is 10.2. The number of methoxy groups -OCH3 is 1. The molecule has 0 aliphatic rings. The Bertz CT molecular complexity index is 623. The summed E-state index contributed by atoms with van der Waals surface area (Å²) in [6.07, 6.45) is 1.46. The van der Waals surface area contributed by atoms with Crippen molar-refractivity contribution in [2.24, 2.45) is 17.9 Å². The van der Waals surface area contributed by atoms with Gasteiger partial charge in [-0.05, 0) is 18.2 Å². The summed E-state index contributed by atoms with van der Waals surface area (Å²) in [4.78, 5) is 4.06. The first-order valence-corrected chi connectivity index (χ1v) is 5.77. The highest BCUT2D eigenvalue weighted by atomic mass is 16.5. The topological polar surface area (TPSA) is 108 Å². The normalized spacial score (nSPS) is 11.4. The number of aromatic nitrogens is 3. The summed E-state index contributed by atoms with van der Waals surface area (Å²) in [5.74, 6) is 1.71. The summed E-state index contributed by atoms with van der Waals surface area (Å²) >= 11 is 0. The largest absolute Gasteiger partial charge is 0.493 e. The van der Waals surface area contributed by atoms with Gasteiger partial charge in [0.05, 0.1) is 7.11 Å². The molecule has 2 rings (SSSR count). The Kier molecular flexibility index (Phi) is 4.04. The number of aryl methyl sites for hydroxylation is 1. The molecule has 106 valence electrons. The molecule has 0 aliphatic carbocycles. The van der Waals surface area contributed by atoms with E-state index in [0.717, 1.165) is 0 Å². The second-order valence-corrected chi connectivity index (χ2v) is 3.94. The van der Waals surface area contributed by atoms with Gasteiger partial charge in [-0.15, -0.1) is 0 Å². The lowest BCUT2D eigenvalue weighted by Crippen LogP contribution is -2.13. The Hall–Kier alpha value is -2.77. The number of oxime groups is 1. The van der Waals surface area contributed by atoms with Crippen LogP contribution in [0.2, 0.25) is 0 Å². The SMILES string of the molecule is COc1cc(C(N)=NO)ccc1OCc1ncnn1C. The Morgan fingerprint density at radius 3 is 2.85 bits per heavy atom. The lowest BCUT2D eigenvalue weighted by molar-refractivity contribution is 0.271. The van der Waals surface area contributed by atoms with E-state index in [2.05, 4.69) is 15.2 Å². The van der Waals surface area contributed by atoms with Crippen LogP contribution in [0.3, 0.4) is 0 Å². The fraction of sp³-hybridized carbons (Fsp3) is 0.250. The van der Waals surface area contributed by atoms with Gasteiger partial charge in [-0.25, -0.2) is 4.98 Å². The summed E-state index contributed by atoms with van der Waals surface area (Å²) in [5.41, 5.74) is 6.06. The van der Waals surface area contributed by atoms with Gasteiger partial charge >= 0.3 is 0 Å². The van der Waals surface area contributed by atoms with E-state index in [1.807, 2.05) is 0 Å². The van der Waals surface area contributed by atoms with Gasteiger partial charge in [-0.2, -0.15) is 5.10 Å². The molecule has 0 fully saturated rings. The lowest BCUT2D eigenvalue weighted by Gasteiger charge is -2.11. The fourth-order valence-electron chi connectivity index (χ4n) is 1.60. The molecule has 0 saturated heterocycles. The van der Waals surface area contributed by atoms with Crippen LogP contribution in [0.1, 0.15) is 11.4 Å². The summed E-state index contributed by atoms with van der Waals surface area (Å²) in [6.45, 7) is 0.260. The molecule has 0 aliphatic heterocycles. The van der Waals surface area contributed by atoms with Crippen molar-refractivity contribution >= 4 is 5.84 Å². The molecule has 2 aromatic rings. The molecule has 0 spiro atoms. The van der Waals surface area contributed by atoms with Crippen molar-refractivity contribution in [1.29, 1.82) is 0 Å². The zero-order valence-corrected chi connectivity index (χ0v) is 11.1. The monoisotopic (exact) mass is 277 g/mol. The molecule has 8 heteroatoms. The maximum absolute atomic E-state index is 8.65. The first kappa shape index (κ1) is 13.7. The molecular formula is C12H15N5O3. The maximum Gasteiger partial charge on any atom is 0.170 e. The highest BCUT2D eigenvalue weighted by molar-refractivity contribution is 5.97. The maximum atomic E-state index is 8.65. The number of nitrogens with two attached hydrogens (primary N) is 1. The molecule has 3 N–H and O–H groups in total. The van der Waals surface area contributed by atoms with Crippen LogP contribution in [0.4, 0.5) is 0 Å². The third-order valence-corrected chi connectivity index (χ3v) is 2.73.